The molecule has 0 spiro atoms. The molecular weight excluding hydrogens is 282 g/mol. The summed E-state index contributed by atoms with van der Waals surface area (Å²) in [7, 11) is 0. The molecule has 0 aromatic carbocycles. The first-order chi connectivity index (χ1) is 8.16. The molecular formula is C12H16BrN3O. The molecule has 0 bridgehead atoms. The maximum atomic E-state index is 11.9. The van der Waals surface area contributed by atoms with Crippen LogP contribution in [0.25, 0.3) is 0 Å². The van der Waals surface area contributed by atoms with Gasteiger partial charge >= 0.3 is 0 Å². The zero-order valence-corrected chi connectivity index (χ0v) is 11.2. The van der Waals surface area contributed by atoms with Crippen LogP contribution in [-0.2, 0) is 0 Å². The van der Waals surface area contributed by atoms with Crippen molar-refractivity contribution in [1.29, 1.82) is 0 Å². The summed E-state index contributed by atoms with van der Waals surface area (Å²) < 4.78 is 0.674. The normalized spacial score (nSPS) is 15.4. The Kier molecular flexibility index (Phi) is 3.99. The van der Waals surface area contributed by atoms with E-state index in [9.17, 15) is 4.79 Å². The average Bonchev–Trinajstić information content (AvgIpc) is 2.25. The Labute approximate surface area is 109 Å². The number of nitrogens with zero attached hydrogens (tertiary/aromatic N) is 1. The molecule has 1 aromatic heterocycles. The Bertz CT molecular complexity index is 418. The van der Waals surface area contributed by atoms with Gasteiger partial charge in [-0.25, -0.2) is 4.98 Å². The smallest absolute Gasteiger partial charge is 0.252 e. The number of nitrogen functional groups attached to an aromatic ring is 1. The summed E-state index contributed by atoms with van der Waals surface area (Å²) in [5.41, 5.74) is 6.11. The number of rotatable bonds is 4. The number of carbonyl (C=O) groups is 1. The first kappa shape index (κ1) is 12.4. The van der Waals surface area contributed by atoms with Gasteiger partial charge in [0.25, 0.3) is 5.91 Å². The Morgan fingerprint density at radius 1 is 1.59 bits per heavy atom. The standard InChI is InChI=1S/C12H16BrN3O/c13-10-7-16-11(14)6-9(10)12(17)15-5-4-8-2-1-3-8/h6-8H,1-5H2,(H2,14,16)(H,15,17). The van der Waals surface area contributed by atoms with E-state index in [-0.39, 0.29) is 5.91 Å². The number of pyridine rings is 1. The van der Waals surface area contributed by atoms with Gasteiger partial charge in [-0.3, -0.25) is 4.79 Å². The van der Waals surface area contributed by atoms with Crippen molar-refractivity contribution in [3.05, 3.63) is 22.3 Å². The van der Waals surface area contributed by atoms with Crippen molar-refractivity contribution in [2.45, 2.75) is 25.7 Å². The summed E-state index contributed by atoms with van der Waals surface area (Å²) in [5.74, 6) is 1.07. The summed E-state index contributed by atoms with van der Waals surface area (Å²) in [6, 6.07) is 1.59. The summed E-state index contributed by atoms with van der Waals surface area (Å²) in [5, 5.41) is 2.91. The van der Waals surface area contributed by atoms with Crippen LogP contribution >= 0.6 is 15.9 Å². The van der Waals surface area contributed by atoms with Crippen LogP contribution in [0.15, 0.2) is 16.7 Å². The van der Waals surface area contributed by atoms with Gasteiger partial charge in [0.05, 0.1) is 5.56 Å². The van der Waals surface area contributed by atoms with Crippen molar-refractivity contribution in [3.63, 3.8) is 0 Å². The minimum absolute atomic E-state index is 0.0923. The van der Waals surface area contributed by atoms with E-state index in [2.05, 4.69) is 26.2 Å². The molecule has 1 amide bonds. The Morgan fingerprint density at radius 2 is 2.35 bits per heavy atom. The van der Waals surface area contributed by atoms with Crippen molar-refractivity contribution >= 4 is 27.7 Å². The summed E-state index contributed by atoms with van der Waals surface area (Å²) >= 11 is 3.30. The third kappa shape index (κ3) is 3.19. The monoisotopic (exact) mass is 297 g/mol. The number of carbonyl (C=O) groups excluding carboxylic acids is 1. The molecule has 4 nitrogen and oxygen atoms in total. The summed E-state index contributed by atoms with van der Waals surface area (Å²) in [6.07, 6.45) is 6.58. The lowest BCUT2D eigenvalue weighted by molar-refractivity contribution is 0.0948. The van der Waals surface area contributed by atoms with Crippen LogP contribution in [0.2, 0.25) is 0 Å². The lowest BCUT2D eigenvalue weighted by Crippen LogP contribution is -2.27. The van der Waals surface area contributed by atoms with Crippen LogP contribution in [0, 0.1) is 5.92 Å². The lowest BCUT2D eigenvalue weighted by atomic mass is 9.83. The number of anilines is 1. The van der Waals surface area contributed by atoms with Gasteiger partial charge in [0.1, 0.15) is 5.82 Å². The maximum absolute atomic E-state index is 11.9. The van der Waals surface area contributed by atoms with Crippen molar-refractivity contribution in [1.82, 2.24) is 10.3 Å². The average molecular weight is 298 g/mol. The van der Waals surface area contributed by atoms with Gasteiger partial charge in [0.2, 0.25) is 0 Å². The molecule has 92 valence electrons. The van der Waals surface area contributed by atoms with Crippen molar-refractivity contribution in [2.24, 2.45) is 5.92 Å². The van der Waals surface area contributed by atoms with Crippen molar-refractivity contribution < 1.29 is 4.79 Å². The van der Waals surface area contributed by atoms with E-state index in [1.807, 2.05) is 0 Å². The second kappa shape index (κ2) is 5.49. The second-order valence-electron chi connectivity index (χ2n) is 4.43. The zero-order valence-electron chi connectivity index (χ0n) is 9.58. The molecule has 0 unspecified atom stereocenters. The molecule has 5 heteroatoms. The molecule has 1 saturated carbocycles. The molecule has 2 rings (SSSR count). The number of aromatic nitrogens is 1. The first-order valence-electron chi connectivity index (χ1n) is 5.86. The molecule has 0 atom stereocenters. The van der Waals surface area contributed by atoms with E-state index in [1.165, 1.54) is 19.3 Å². The minimum atomic E-state index is -0.0923. The Balaban J connectivity index is 1.87. The highest BCUT2D eigenvalue weighted by Crippen LogP contribution is 2.28. The number of nitrogens with two attached hydrogens (primary N) is 1. The summed E-state index contributed by atoms with van der Waals surface area (Å²) in [6.45, 7) is 0.734. The van der Waals surface area contributed by atoms with Crippen LogP contribution in [0.5, 0.6) is 0 Å². The third-order valence-corrected chi connectivity index (χ3v) is 3.82. The maximum Gasteiger partial charge on any atom is 0.252 e. The predicted molar refractivity (Wildman–Crippen MR) is 70.6 cm³/mol. The molecule has 1 heterocycles. The highest BCUT2D eigenvalue weighted by Gasteiger charge is 2.17. The van der Waals surface area contributed by atoms with Crippen LogP contribution in [0.3, 0.4) is 0 Å². The van der Waals surface area contributed by atoms with E-state index in [0.29, 0.717) is 15.9 Å². The van der Waals surface area contributed by atoms with Crippen LogP contribution in [0.1, 0.15) is 36.0 Å². The van der Waals surface area contributed by atoms with E-state index >= 15 is 0 Å². The van der Waals surface area contributed by atoms with E-state index in [4.69, 9.17) is 5.73 Å². The topological polar surface area (TPSA) is 68.0 Å². The SMILES string of the molecule is Nc1cc(C(=O)NCCC2CCC2)c(Br)cn1. The largest absolute Gasteiger partial charge is 0.384 e. The van der Waals surface area contributed by atoms with Crippen LogP contribution in [-0.4, -0.2) is 17.4 Å². The fraction of sp³-hybridized carbons (Fsp3) is 0.500. The van der Waals surface area contributed by atoms with Crippen LogP contribution < -0.4 is 11.1 Å². The lowest BCUT2D eigenvalue weighted by Gasteiger charge is -2.25. The van der Waals surface area contributed by atoms with Gasteiger partial charge in [-0.1, -0.05) is 19.3 Å². The number of hydrogen-bond donors (Lipinski definition) is 2. The molecule has 3 N–H and O–H groups in total. The quantitative estimate of drug-likeness (QED) is 0.896. The number of halogens is 1. The van der Waals surface area contributed by atoms with E-state index < -0.39 is 0 Å². The molecule has 1 fully saturated rings. The number of hydrogen-bond acceptors (Lipinski definition) is 3. The van der Waals surface area contributed by atoms with E-state index in [0.717, 1.165) is 18.9 Å². The van der Waals surface area contributed by atoms with Gasteiger partial charge in [0.15, 0.2) is 0 Å². The van der Waals surface area contributed by atoms with Gasteiger partial charge in [-0.2, -0.15) is 0 Å². The van der Waals surface area contributed by atoms with Crippen LogP contribution in [0.4, 0.5) is 5.82 Å². The number of nitrogens with one attached hydrogen (secondary N) is 1. The molecule has 1 aliphatic rings. The van der Waals surface area contributed by atoms with Gasteiger partial charge in [-0.15, -0.1) is 0 Å². The summed E-state index contributed by atoms with van der Waals surface area (Å²) in [4.78, 5) is 15.8. The number of amides is 1. The highest BCUT2D eigenvalue weighted by molar-refractivity contribution is 9.10. The highest BCUT2D eigenvalue weighted by atomic mass is 79.9. The van der Waals surface area contributed by atoms with Gasteiger partial charge in [-0.05, 0) is 34.3 Å². The molecule has 0 aliphatic heterocycles. The molecule has 0 saturated heterocycles. The van der Waals surface area contributed by atoms with Crippen molar-refractivity contribution in [2.75, 3.05) is 12.3 Å². The minimum Gasteiger partial charge on any atom is -0.384 e. The fourth-order valence-corrected chi connectivity index (χ4v) is 2.29. The first-order valence-corrected chi connectivity index (χ1v) is 6.65. The third-order valence-electron chi connectivity index (χ3n) is 3.18. The Hall–Kier alpha value is -1.10. The molecule has 17 heavy (non-hydrogen) atoms. The predicted octanol–water partition coefficient (Wildman–Crippen LogP) is 2.35. The fourth-order valence-electron chi connectivity index (χ4n) is 1.90. The van der Waals surface area contributed by atoms with Gasteiger partial charge < -0.3 is 11.1 Å². The molecule has 0 radical (unpaired) electrons. The van der Waals surface area contributed by atoms with Crippen molar-refractivity contribution in [3.8, 4) is 0 Å². The molecule has 1 aliphatic carbocycles. The van der Waals surface area contributed by atoms with E-state index in [1.54, 1.807) is 12.3 Å². The molecule has 1 aromatic rings. The second-order valence-corrected chi connectivity index (χ2v) is 5.28. The Morgan fingerprint density at radius 3 is 3.00 bits per heavy atom. The zero-order chi connectivity index (χ0) is 12.3. The van der Waals surface area contributed by atoms with Gasteiger partial charge in [0, 0.05) is 17.2 Å².